The average Bonchev–Trinajstić information content (AvgIpc) is 2.42. The van der Waals surface area contributed by atoms with Crippen molar-refractivity contribution in [2.75, 3.05) is 0 Å². The molecule has 0 saturated carbocycles. The van der Waals surface area contributed by atoms with Crippen molar-refractivity contribution in [2.45, 2.75) is 23.5 Å². The minimum Gasteiger partial charge on any atom is -0.254 e. The van der Waals surface area contributed by atoms with Gasteiger partial charge in [0, 0.05) is 4.90 Å². The maximum atomic E-state index is 12.5. The first-order valence-corrected chi connectivity index (χ1v) is 7.04. The van der Waals surface area contributed by atoms with Crippen LogP contribution in [0.1, 0.15) is 24.2 Å². The van der Waals surface area contributed by atoms with Gasteiger partial charge in [0.2, 0.25) is 0 Å². The van der Waals surface area contributed by atoms with Crippen LogP contribution in [0.4, 0.5) is 0 Å². The molecule has 0 spiro atoms. The first kappa shape index (κ1) is 12.1. The Bertz CT molecular complexity index is 479. The predicted octanol–water partition coefficient (Wildman–Crippen LogP) is 3.95. The van der Waals surface area contributed by atoms with Gasteiger partial charge in [-0.05, 0) is 24.1 Å². The second-order valence-corrected chi connectivity index (χ2v) is 5.55. The van der Waals surface area contributed by atoms with E-state index in [-0.39, 0.29) is 5.25 Å². The third-order valence-corrected chi connectivity index (χ3v) is 4.64. The summed E-state index contributed by atoms with van der Waals surface area (Å²) >= 11 is 0. The van der Waals surface area contributed by atoms with Crippen molar-refractivity contribution >= 4 is 10.8 Å². The fourth-order valence-corrected chi connectivity index (χ4v) is 3.36. The monoisotopic (exact) mass is 244 g/mol. The third kappa shape index (κ3) is 2.83. The molecule has 0 aliphatic heterocycles. The van der Waals surface area contributed by atoms with E-state index in [4.69, 9.17) is 0 Å². The van der Waals surface area contributed by atoms with Gasteiger partial charge in [-0.25, -0.2) is 0 Å². The van der Waals surface area contributed by atoms with Crippen LogP contribution in [-0.2, 0) is 10.8 Å². The lowest BCUT2D eigenvalue weighted by Crippen LogP contribution is -2.05. The summed E-state index contributed by atoms with van der Waals surface area (Å²) in [6.45, 7) is 2.08. The van der Waals surface area contributed by atoms with Gasteiger partial charge in [-0.15, -0.1) is 0 Å². The molecule has 2 atom stereocenters. The first-order chi connectivity index (χ1) is 8.33. The molecule has 0 amide bonds. The Morgan fingerprint density at radius 1 is 0.941 bits per heavy atom. The van der Waals surface area contributed by atoms with Crippen molar-refractivity contribution < 1.29 is 4.21 Å². The van der Waals surface area contributed by atoms with E-state index < -0.39 is 10.8 Å². The molecule has 2 aromatic carbocycles. The zero-order valence-electron chi connectivity index (χ0n) is 9.87. The Labute approximate surface area is 105 Å². The van der Waals surface area contributed by atoms with Crippen LogP contribution in [-0.4, -0.2) is 4.21 Å². The minimum atomic E-state index is -0.972. The van der Waals surface area contributed by atoms with Gasteiger partial charge in [0.25, 0.3) is 0 Å². The standard InChI is InChI=1S/C15H16OS/c1-2-15(13-9-5-3-6-10-13)17(16)14-11-7-4-8-12-14/h3-12,15H,2H2,1H3. The lowest BCUT2D eigenvalue weighted by Gasteiger charge is -2.14. The van der Waals surface area contributed by atoms with Crippen LogP contribution >= 0.6 is 0 Å². The van der Waals surface area contributed by atoms with E-state index in [1.807, 2.05) is 48.5 Å². The molecule has 88 valence electrons. The maximum absolute atomic E-state index is 12.5. The predicted molar refractivity (Wildman–Crippen MR) is 72.3 cm³/mol. The topological polar surface area (TPSA) is 17.1 Å². The summed E-state index contributed by atoms with van der Waals surface area (Å²) in [7, 11) is -0.972. The zero-order valence-corrected chi connectivity index (χ0v) is 10.7. The molecule has 0 aliphatic carbocycles. The Kier molecular flexibility index (Phi) is 4.10. The van der Waals surface area contributed by atoms with Crippen molar-refractivity contribution in [2.24, 2.45) is 0 Å². The van der Waals surface area contributed by atoms with Gasteiger partial charge in [-0.3, -0.25) is 4.21 Å². The van der Waals surface area contributed by atoms with Gasteiger partial charge in [0.05, 0.1) is 16.0 Å². The van der Waals surface area contributed by atoms with Gasteiger partial charge in [0.1, 0.15) is 0 Å². The molecule has 2 unspecified atom stereocenters. The summed E-state index contributed by atoms with van der Waals surface area (Å²) in [5.41, 5.74) is 1.15. The molecule has 0 N–H and O–H groups in total. The largest absolute Gasteiger partial charge is 0.254 e. The third-order valence-electron chi connectivity index (χ3n) is 2.78. The highest BCUT2D eigenvalue weighted by atomic mass is 32.2. The Hall–Kier alpha value is -1.41. The quantitative estimate of drug-likeness (QED) is 0.796. The number of rotatable bonds is 4. The van der Waals surface area contributed by atoms with E-state index in [1.54, 1.807) is 0 Å². The van der Waals surface area contributed by atoms with Crippen LogP contribution in [0, 0.1) is 0 Å². The molecule has 2 rings (SSSR count). The lowest BCUT2D eigenvalue weighted by molar-refractivity contribution is 0.669. The van der Waals surface area contributed by atoms with Crippen LogP contribution < -0.4 is 0 Å². The van der Waals surface area contributed by atoms with Gasteiger partial charge in [-0.1, -0.05) is 55.5 Å². The number of hydrogen-bond donors (Lipinski definition) is 0. The van der Waals surface area contributed by atoms with E-state index in [9.17, 15) is 4.21 Å². The van der Waals surface area contributed by atoms with E-state index in [2.05, 4.69) is 19.1 Å². The molecule has 0 saturated heterocycles. The smallest absolute Gasteiger partial charge is 0.0641 e. The first-order valence-electron chi connectivity index (χ1n) is 5.83. The van der Waals surface area contributed by atoms with Crippen LogP contribution in [0.15, 0.2) is 65.6 Å². The fraction of sp³-hybridized carbons (Fsp3) is 0.200. The van der Waals surface area contributed by atoms with Gasteiger partial charge >= 0.3 is 0 Å². The molecular formula is C15H16OS. The summed E-state index contributed by atoms with van der Waals surface area (Å²) in [6, 6.07) is 19.8. The van der Waals surface area contributed by atoms with Crippen LogP contribution in [0.5, 0.6) is 0 Å². The van der Waals surface area contributed by atoms with E-state index in [0.717, 1.165) is 16.9 Å². The SMILES string of the molecule is CCC(c1ccccc1)S(=O)c1ccccc1. The van der Waals surface area contributed by atoms with E-state index in [0.29, 0.717) is 0 Å². The zero-order chi connectivity index (χ0) is 12.1. The summed E-state index contributed by atoms with van der Waals surface area (Å²) in [5, 5.41) is 0.0820. The van der Waals surface area contributed by atoms with Crippen molar-refractivity contribution in [3.8, 4) is 0 Å². The highest BCUT2D eigenvalue weighted by molar-refractivity contribution is 7.85. The minimum absolute atomic E-state index is 0.0820. The Balaban J connectivity index is 2.29. The second-order valence-electron chi connectivity index (χ2n) is 3.92. The summed E-state index contributed by atoms with van der Waals surface area (Å²) in [5.74, 6) is 0. The number of benzene rings is 2. The Morgan fingerprint density at radius 3 is 2.00 bits per heavy atom. The number of hydrogen-bond acceptors (Lipinski definition) is 1. The normalized spacial score (nSPS) is 14.2. The van der Waals surface area contributed by atoms with Crippen LogP contribution in [0.2, 0.25) is 0 Å². The summed E-state index contributed by atoms with van der Waals surface area (Å²) < 4.78 is 12.5. The molecule has 17 heavy (non-hydrogen) atoms. The van der Waals surface area contributed by atoms with Crippen molar-refractivity contribution in [1.82, 2.24) is 0 Å². The van der Waals surface area contributed by atoms with Crippen molar-refractivity contribution in [1.29, 1.82) is 0 Å². The molecule has 0 aliphatic rings. The second kappa shape index (κ2) is 5.78. The molecule has 1 nitrogen and oxygen atoms in total. The highest BCUT2D eigenvalue weighted by Crippen LogP contribution is 2.27. The highest BCUT2D eigenvalue weighted by Gasteiger charge is 2.17. The molecular weight excluding hydrogens is 228 g/mol. The molecule has 0 bridgehead atoms. The van der Waals surface area contributed by atoms with E-state index in [1.165, 1.54) is 0 Å². The maximum Gasteiger partial charge on any atom is 0.0641 e. The molecule has 2 heteroatoms. The molecule has 0 aromatic heterocycles. The van der Waals surface area contributed by atoms with Gasteiger partial charge in [0.15, 0.2) is 0 Å². The van der Waals surface area contributed by atoms with E-state index >= 15 is 0 Å². The molecule has 0 fully saturated rings. The summed E-state index contributed by atoms with van der Waals surface area (Å²) in [4.78, 5) is 0.906. The van der Waals surface area contributed by atoms with Crippen LogP contribution in [0.25, 0.3) is 0 Å². The fourth-order valence-electron chi connectivity index (χ4n) is 1.90. The molecule has 0 radical (unpaired) electrons. The lowest BCUT2D eigenvalue weighted by atomic mass is 10.1. The van der Waals surface area contributed by atoms with Gasteiger partial charge < -0.3 is 0 Å². The summed E-state index contributed by atoms with van der Waals surface area (Å²) in [6.07, 6.45) is 0.880. The van der Waals surface area contributed by atoms with Crippen molar-refractivity contribution in [3.05, 3.63) is 66.2 Å². The molecule has 0 heterocycles. The van der Waals surface area contributed by atoms with Crippen LogP contribution in [0.3, 0.4) is 0 Å². The van der Waals surface area contributed by atoms with Gasteiger partial charge in [-0.2, -0.15) is 0 Å². The van der Waals surface area contributed by atoms with Crippen molar-refractivity contribution in [3.63, 3.8) is 0 Å². The Morgan fingerprint density at radius 2 is 1.47 bits per heavy atom. The average molecular weight is 244 g/mol. The molecule has 2 aromatic rings.